The fourth-order valence-corrected chi connectivity index (χ4v) is 6.30. The van der Waals surface area contributed by atoms with Crippen molar-refractivity contribution >= 4 is 5.91 Å². The van der Waals surface area contributed by atoms with Crippen LogP contribution in [-0.4, -0.2) is 34.9 Å². The van der Waals surface area contributed by atoms with Crippen molar-refractivity contribution in [2.75, 3.05) is 6.61 Å². The third-order valence-electron chi connectivity index (χ3n) is 9.93. The largest absolute Gasteiger partial charge is 0.394 e. The van der Waals surface area contributed by atoms with Crippen LogP contribution in [0.1, 0.15) is 187 Å². The molecular weight excluding hydrogens is 723 g/mol. The minimum absolute atomic E-state index is 0.0552. The summed E-state index contributed by atoms with van der Waals surface area (Å²) in [5, 5.41) is 22.9. The maximum Gasteiger partial charge on any atom is 0.220 e. The van der Waals surface area contributed by atoms with E-state index in [1.807, 2.05) is 0 Å². The molecule has 0 bridgehead atoms. The van der Waals surface area contributed by atoms with Gasteiger partial charge in [0.25, 0.3) is 0 Å². The quantitative estimate of drug-likeness (QED) is 0.0425. The fourth-order valence-electron chi connectivity index (χ4n) is 6.30. The third kappa shape index (κ3) is 45.5. The average Bonchev–Trinajstić information content (AvgIpc) is 3.24. The zero-order valence-corrected chi connectivity index (χ0v) is 38.0. The topological polar surface area (TPSA) is 69.6 Å². The Morgan fingerprint density at radius 2 is 0.746 bits per heavy atom. The molecule has 2 unspecified atom stereocenters. The molecule has 59 heavy (non-hydrogen) atoms. The average molecular weight is 812 g/mol. The molecule has 0 fully saturated rings. The first kappa shape index (κ1) is 55.5. The monoisotopic (exact) mass is 812 g/mol. The first-order valence-electron chi connectivity index (χ1n) is 23.9. The molecule has 0 aromatic heterocycles. The van der Waals surface area contributed by atoms with Crippen molar-refractivity contribution < 1.29 is 15.0 Å². The van der Waals surface area contributed by atoms with Crippen LogP contribution in [0.4, 0.5) is 0 Å². The third-order valence-corrected chi connectivity index (χ3v) is 9.93. The zero-order chi connectivity index (χ0) is 42.8. The van der Waals surface area contributed by atoms with E-state index in [4.69, 9.17) is 0 Å². The highest BCUT2D eigenvalue weighted by molar-refractivity contribution is 5.76. The van der Waals surface area contributed by atoms with Gasteiger partial charge in [-0.25, -0.2) is 0 Å². The summed E-state index contributed by atoms with van der Waals surface area (Å²) < 4.78 is 0. The Morgan fingerprint density at radius 3 is 1.12 bits per heavy atom. The van der Waals surface area contributed by atoms with Gasteiger partial charge in [0.15, 0.2) is 0 Å². The Hall–Kier alpha value is -3.47. The smallest absolute Gasteiger partial charge is 0.220 e. The summed E-state index contributed by atoms with van der Waals surface area (Å²) in [5.74, 6) is -0.0552. The first-order chi connectivity index (χ1) is 29.2. The van der Waals surface area contributed by atoms with Gasteiger partial charge >= 0.3 is 0 Å². The Kier molecular flexibility index (Phi) is 46.0. The molecule has 0 aromatic rings. The summed E-state index contributed by atoms with van der Waals surface area (Å²) in [6, 6.07) is -0.547. The van der Waals surface area contributed by atoms with E-state index in [2.05, 4.69) is 153 Å². The van der Waals surface area contributed by atoms with Crippen LogP contribution in [0.25, 0.3) is 0 Å². The van der Waals surface area contributed by atoms with Crippen LogP contribution in [-0.2, 0) is 4.79 Å². The van der Waals surface area contributed by atoms with Gasteiger partial charge in [-0.1, -0.05) is 218 Å². The normalized spacial score (nSPS) is 14.2. The number of unbranched alkanes of at least 4 members (excludes halogenated alkanes) is 12. The molecule has 0 radical (unpaired) electrons. The van der Waals surface area contributed by atoms with Gasteiger partial charge in [0, 0.05) is 6.42 Å². The van der Waals surface area contributed by atoms with Crippen molar-refractivity contribution in [1.82, 2.24) is 5.32 Å². The van der Waals surface area contributed by atoms with Crippen molar-refractivity contribution in [3.05, 3.63) is 134 Å². The van der Waals surface area contributed by atoms with Crippen molar-refractivity contribution in [2.45, 2.75) is 199 Å². The Balaban J connectivity index is 3.64. The van der Waals surface area contributed by atoms with Gasteiger partial charge in [-0.15, -0.1) is 0 Å². The number of rotatable bonds is 41. The van der Waals surface area contributed by atoms with E-state index in [0.29, 0.717) is 12.8 Å². The molecule has 0 aliphatic heterocycles. The highest BCUT2D eigenvalue weighted by Crippen LogP contribution is 2.13. The summed E-state index contributed by atoms with van der Waals surface area (Å²) in [4.78, 5) is 12.3. The van der Waals surface area contributed by atoms with Crippen molar-refractivity contribution in [2.24, 2.45) is 0 Å². The van der Waals surface area contributed by atoms with Gasteiger partial charge < -0.3 is 15.5 Å². The molecule has 1 amide bonds. The minimum Gasteiger partial charge on any atom is -0.394 e. The van der Waals surface area contributed by atoms with Crippen LogP contribution in [0.2, 0.25) is 0 Å². The first-order valence-corrected chi connectivity index (χ1v) is 23.9. The van der Waals surface area contributed by atoms with E-state index in [9.17, 15) is 15.0 Å². The minimum atomic E-state index is -0.669. The predicted molar refractivity (Wildman–Crippen MR) is 262 cm³/mol. The number of aliphatic hydroxyl groups excluding tert-OH is 2. The maximum absolute atomic E-state index is 12.3. The molecule has 0 saturated carbocycles. The number of carbonyl (C=O) groups is 1. The van der Waals surface area contributed by atoms with Crippen LogP contribution < -0.4 is 5.32 Å². The van der Waals surface area contributed by atoms with Gasteiger partial charge in [-0.05, 0) is 96.3 Å². The van der Waals surface area contributed by atoms with E-state index in [1.54, 1.807) is 0 Å². The lowest BCUT2D eigenvalue weighted by atomic mass is 10.0. The van der Waals surface area contributed by atoms with Gasteiger partial charge in [-0.3, -0.25) is 4.79 Å². The summed E-state index contributed by atoms with van der Waals surface area (Å²) in [6.45, 7) is 4.16. The number of nitrogens with one attached hydrogen (secondary N) is 1. The number of allylic oxidation sites excluding steroid dienone is 22. The standard InChI is InChI=1S/C55H89NO3/c1-3-5-7-9-11-12-13-14-15-16-17-18-19-20-21-22-23-24-25-26-27-28-29-30-31-32-33-34-35-36-37-38-39-40-41-42-43-44-45-47-49-51-55(59)56-53(52-57)54(58)50-48-46-10-8-6-4-2/h5,7,11-12,14-15,17-18,20-21,23-24,26-27,29-30,32-33,35-36,38-39,53-54,57-58H,3-4,6,8-10,13,16,19,22,25,28,31,34,37,40-52H2,1-2H3,(H,56,59)/b7-5-,12-11-,15-14-,18-17-,21-20-,24-23-,27-26-,30-29-,33-32-,36-35-,39-38-. The van der Waals surface area contributed by atoms with E-state index >= 15 is 0 Å². The molecule has 332 valence electrons. The highest BCUT2D eigenvalue weighted by Gasteiger charge is 2.19. The van der Waals surface area contributed by atoms with Gasteiger partial charge in [0.05, 0.1) is 18.8 Å². The van der Waals surface area contributed by atoms with Gasteiger partial charge in [0.2, 0.25) is 5.91 Å². The molecular formula is C55H89NO3. The highest BCUT2D eigenvalue weighted by atomic mass is 16.3. The maximum atomic E-state index is 12.3. The second-order valence-electron chi connectivity index (χ2n) is 15.4. The molecule has 0 aromatic carbocycles. The molecule has 3 N–H and O–H groups in total. The molecule has 4 nitrogen and oxygen atoms in total. The van der Waals surface area contributed by atoms with Gasteiger partial charge in [0.1, 0.15) is 0 Å². The number of hydrogen-bond donors (Lipinski definition) is 3. The summed E-state index contributed by atoms with van der Waals surface area (Å²) in [5.41, 5.74) is 0. The fraction of sp³-hybridized carbons (Fsp3) is 0.582. The Labute approximate surface area is 364 Å². The lowest BCUT2D eigenvalue weighted by molar-refractivity contribution is -0.123. The van der Waals surface area contributed by atoms with E-state index in [0.717, 1.165) is 109 Å². The molecule has 0 heterocycles. The SMILES string of the molecule is CC/C=C\C/C=C\C/C=C\C/C=C\C/C=C\C/C=C\C/C=C\C/C=C\C/C=C\C/C=C\C/C=C\CCCCCCCCCC(=O)NC(CO)C(O)CCCCCCCC. The molecule has 4 heteroatoms. The molecule has 0 aliphatic rings. The van der Waals surface area contributed by atoms with Crippen LogP contribution in [0.3, 0.4) is 0 Å². The van der Waals surface area contributed by atoms with E-state index < -0.39 is 12.1 Å². The predicted octanol–water partition coefficient (Wildman–Crippen LogP) is 15.5. The summed E-state index contributed by atoms with van der Waals surface area (Å²) in [6.07, 6.45) is 77.1. The Morgan fingerprint density at radius 1 is 0.424 bits per heavy atom. The summed E-state index contributed by atoms with van der Waals surface area (Å²) in [7, 11) is 0. The summed E-state index contributed by atoms with van der Waals surface area (Å²) >= 11 is 0. The van der Waals surface area contributed by atoms with Crippen LogP contribution in [0, 0.1) is 0 Å². The second kappa shape index (κ2) is 48.9. The number of aliphatic hydroxyl groups is 2. The molecule has 0 aliphatic carbocycles. The lowest BCUT2D eigenvalue weighted by Crippen LogP contribution is -2.45. The lowest BCUT2D eigenvalue weighted by Gasteiger charge is -2.22. The van der Waals surface area contributed by atoms with Crippen LogP contribution in [0.5, 0.6) is 0 Å². The van der Waals surface area contributed by atoms with Crippen molar-refractivity contribution in [1.29, 1.82) is 0 Å². The number of hydrogen-bond acceptors (Lipinski definition) is 3. The van der Waals surface area contributed by atoms with E-state index in [-0.39, 0.29) is 12.5 Å². The molecule has 0 spiro atoms. The molecule has 0 saturated heterocycles. The van der Waals surface area contributed by atoms with Crippen LogP contribution >= 0.6 is 0 Å². The number of carbonyl (C=O) groups excluding carboxylic acids is 1. The Bertz CT molecular complexity index is 1240. The van der Waals surface area contributed by atoms with Crippen LogP contribution in [0.15, 0.2) is 134 Å². The van der Waals surface area contributed by atoms with Gasteiger partial charge in [-0.2, -0.15) is 0 Å². The number of amides is 1. The molecule has 2 atom stereocenters. The zero-order valence-electron chi connectivity index (χ0n) is 38.0. The molecule has 0 rings (SSSR count). The van der Waals surface area contributed by atoms with E-state index in [1.165, 1.54) is 51.4 Å². The van der Waals surface area contributed by atoms with Crippen molar-refractivity contribution in [3.63, 3.8) is 0 Å². The second-order valence-corrected chi connectivity index (χ2v) is 15.4. The van der Waals surface area contributed by atoms with Crippen molar-refractivity contribution in [3.8, 4) is 0 Å².